The van der Waals surface area contributed by atoms with Gasteiger partial charge in [0.15, 0.2) is 0 Å². The van der Waals surface area contributed by atoms with Crippen LogP contribution >= 0.6 is 11.3 Å². The minimum absolute atomic E-state index is 0.658. The molecule has 0 N–H and O–H groups in total. The Morgan fingerprint density at radius 2 is 1.22 bits per heavy atom. The molecule has 248 valence electrons. The number of rotatable bonds is 8. The van der Waals surface area contributed by atoms with Crippen LogP contribution in [0.25, 0.3) is 21.5 Å². The highest BCUT2D eigenvalue weighted by molar-refractivity contribution is 7.18. The zero-order chi connectivity index (χ0) is 35.3. The molecular formula is C46H39N4S+. The summed E-state index contributed by atoms with van der Waals surface area (Å²) in [5.41, 5.74) is 12.6. The van der Waals surface area contributed by atoms with E-state index in [2.05, 4.69) is 193 Å². The Bertz CT molecular complexity index is 2320. The zero-order valence-corrected chi connectivity index (χ0v) is 30.1. The first-order valence-corrected chi connectivity index (χ1v) is 17.8. The Morgan fingerprint density at radius 3 is 1.84 bits per heavy atom. The third kappa shape index (κ3) is 6.70. The number of aryl methyl sites for hydroxylation is 1. The highest BCUT2D eigenvalue weighted by Gasteiger charge is 2.27. The molecule has 0 fully saturated rings. The highest BCUT2D eigenvalue weighted by Crippen LogP contribution is 2.54. The summed E-state index contributed by atoms with van der Waals surface area (Å²) in [6.07, 6.45) is 8.80. The molecule has 5 heteroatoms. The number of hydrogen-bond acceptors (Lipinski definition) is 3. The Hall–Kier alpha value is -6.22. The maximum absolute atomic E-state index is 8.55. The number of nitrogens with zero attached hydrogens (tertiary/aromatic N) is 4. The fourth-order valence-corrected chi connectivity index (χ4v) is 7.90. The van der Waals surface area contributed by atoms with Crippen LogP contribution in [-0.4, -0.2) is 31.4 Å². The molecule has 0 atom stereocenters. The van der Waals surface area contributed by atoms with Gasteiger partial charge in [0.1, 0.15) is 12.0 Å². The summed E-state index contributed by atoms with van der Waals surface area (Å²) in [5.74, 6) is 0. The van der Waals surface area contributed by atoms with E-state index in [0.717, 1.165) is 71.7 Å². The average Bonchev–Trinajstić information content (AvgIpc) is 3.58. The fraction of sp³-hybridized carbons (Fsp3) is 0.0870. The van der Waals surface area contributed by atoms with Crippen molar-refractivity contribution in [1.82, 2.24) is 0 Å². The van der Waals surface area contributed by atoms with E-state index in [0.29, 0.717) is 5.69 Å². The van der Waals surface area contributed by atoms with Gasteiger partial charge in [0, 0.05) is 71.5 Å². The lowest BCUT2D eigenvalue weighted by atomic mass is 9.91. The molecule has 0 spiro atoms. The van der Waals surface area contributed by atoms with E-state index in [4.69, 9.17) is 6.57 Å². The van der Waals surface area contributed by atoms with Crippen LogP contribution in [-0.2, 0) is 0 Å². The molecule has 0 saturated heterocycles. The number of anilines is 4. The zero-order valence-electron chi connectivity index (χ0n) is 29.3. The molecule has 0 saturated carbocycles. The maximum Gasteiger partial charge on any atom is 0.229 e. The molecule has 7 rings (SSSR count). The number of para-hydroxylation sites is 3. The van der Waals surface area contributed by atoms with Gasteiger partial charge in [-0.3, -0.25) is 0 Å². The quantitative estimate of drug-likeness (QED) is 0.117. The lowest BCUT2D eigenvalue weighted by Crippen LogP contribution is -2.10. The van der Waals surface area contributed by atoms with Gasteiger partial charge < -0.3 is 9.80 Å². The van der Waals surface area contributed by atoms with Crippen LogP contribution in [0.4, 0.5) is 33.4 Å². The van der Waals surface area contributed by atoms with Crippen LogP contribution in [0.1, 0.15) is 16.0 Å². The molecule has 0 unspecified atom stereocenters. The first-order valence-electron chi connectivity index (χ1n) is 17.0. The lowest BCUT2D eigenvalue weighted by molar-refractivity contribution is -0.403. The predicted octanol–water partition coefficient (Wildman–Crippen LogP) is 12.2. The molecule has 0 bridgehead atoms. The van der Waals surface area contributed by atoms with Crippen molar-refractivity contribution in [3.63, 3.8) is 0 Å². The third-order valence-electron chi connectivity index (χ3n) is 9.42. The van der Waals surface area contributed by atoms with E-state index in [1.165, 1.54) is 0 Å². The van der Waals surface area contributed by atoms with Crippen molar-refractivity contribution >= 4 is 56.1 Å². The first-order chi connectivity index (χ1) is 24.9. The van der Waals surface area contributed by atoms with E-state index >= 15 is 0 Å². The summed E-state index contributed by atoms with van der Waals surface area (Å²) in [7, 11) is 6.27. The van der Waals surface area contributed by atoms with Gasteiger partial charge in [-0.25, -0.2) is 4.85 Å². The second-order valence-electron chi connectivity index (χ2n) is 12.5. The second-order valence-corrected chi connectivity index (χ2v) is 13.5. The minimum Gasteiger partial charge on any atom is -0.345 e. The Morgan fingerprint density at radius 1 is 0.647 bits per heavy atom. The molecule has 1 aliphatic rings. The molecule has 51 heavy (non-hydrogen) atoms. The summed E-state index contributed by atoms with van der Waals surface area (Å²) in [6.45, 7) is 10.7. The summed E-state index contributed by atoms with van der Waals surface area (Å²) in [6, 6.07) is 48.3. The molecule has 0 amide bonds. The Balaban J connectivity index is 1.44. The summed E-state index contributed by atoms with van der Waals surface area (Å²) in [4.78, 5) is 9.69. The largest absolute Gasteiger partial charge is 0.345 e. The molecule has 6 aromatic rings. The van der Waals surface area contributed by atoms with Gasteiger partial charge in [-0.2, -0.15) is 4.58 Å². The topological polar surface area (TPSA) is 13.8 Å². The van der Waals surface area contributed by atoms with Crippen molar-refractivity contribution in [2.24, 2.45) is 0 Å². The average molecular weight is 680 g/mol. The summed E-state index contributed by atoms with van der Waals surface area (Å²) in [5, 5.41) is 0.923. The van der Waals surface area contributed by atoms with Crippen molar-refractivity contribution in [2.75, 3.05) is 30.9 Å². The predicted molar refractivity (Wildman–Crippen MR) is 218 cm³/mol. The number of hydrogen-bond donors (Lipinski definition) is 0. The monoisotopic (exact) mass is 679 g/mol. The lowest BCUT2D eigenvalue weighted by Gasteiger charge is -2.21. The molecular weight excluding hydrogens is 641 g/mol. The van der Waals surface area contributed by atoms with Gasteiger partial charge in [-0.1, -0.05) is 97.1 Å². The van der Waals surface area contributed by atoms with Crippen molar-refractivity contribution in [2.45, 2.75) is 6.92 Å². The summed E-state index contributed by atoms with van der Waals surface area (Å²) < 4.78 is 2.20. The molecule has 0 aliphatic heterocycles. The molecule has 1 heterocycles. The van der Waals surface area contributed by atoms with Gasteiger partial charge in [0.2, 0.25) is 17.1 Å². The SMILES string of the molecule is [C-]#[N+]c1c(N(C)c2ccccc2C)sc(C(=C2C=CC(=[N+](C)c3ccccc3)C=C2)c2ccc(N(C)c3ccccc3)cc2)c1-c1ccccc1. The van der Waals surface area contributed by atoms with Gasteiger partial charge in [-0.05, 0) is 71.7 Å². The highest BCUT2D eigenvalue weighted by atomic mass is 32.1. The van der Waals surface area contributed by atoms with E-state index in [9.17, 15) is 0 Å². The van der Waals surface area contributed by atoms with Crippen LogP contribution in [0.3, 0.4) is 0 Å². The van der Waals surface area contributed by atoms with Gasteiger partial charge in [-0.15, -0.1) is 11.3 Å². The van der Waals surface area contributed by atoms with Gasteiger partial charge in [0.25, 0.3) is 0 Å². The molecule has 1 aromatic heterocycles. The van der Waals surface area contributed by atoms with Crippen LogP contribution in [0, 0.1) is 13.5 Å². The smallest absolute Gasteiger partial charge is 0.229 e. The molecule has 0 radical (unpaired) electrons. The normalized spacial score (nSPS) is 12.1. The maximum atomic E-state index is 8.55. The van der Waals surface area contributed by atoms with Gasteiger partial charge >= 0.3 is 0 Å². The van der Waals surface area contributed by atoms with E-state index in [1.807, 2.05) is 18.2 Å². The third-order valence-corrected chi connectivity index (χ3v) is 10.7. The van der Waals surface area contributed by atoms with Gasteiger partial charge in [0.05, 0.1) is 6.57 Å². The van der Waals surface area contributed by atoms with E-state index in [-0.39, 0.29) is 0 Å². The van der Waals surface area contributed by atoms with Crippen molar-refractivity contribution in [1.29, 1.82) is 0 Å². The second kappa shape index (κ2) is 14.7. The first kappa shape index (κ1) is 33.3. The van der Waals surface area contributed by atoms with Crippen LogP contribution in [0.15, 0.2) is 169 Å². The van der Waals surface area contributed by atoms with Crippen LogP contribution in [0.2, 0.25) is 0 Å². The Labute approximate surface area is 305 Å². The fourth-order valence-electron chi connectivity index (χ4n) is 6.57. The molecule has 4 nitrogen and oxygen atoms in total. The number of benzene rings is 5. The minimum atomic E-state index is 0.658. The molecule has 5 aromatic carbocycles. The van der Waals surface area contributed by atoms with E-state index in [1.54, 1.807) is 11.3 Å². The van der Waals surface area contributed by atoms with Crippen LogP contribution < -0.4 is 9.80 Å². The number of thiophene rings is 1. The molecule has 1 aliphatic carbocycles. The van der Waals surface area contributed by atoms with Crippen LogP contribution in [0.5, 0.6) is 0 Å². The van der Waals surface area contributed by atoms with Crippen molar-refractivity contribution < 1.29 is 4.58 Å². The standard InChI is InChI=1S/C46H39N4S/c1-33-17-15-16-24-41(33)50(5)46-44(47-2)43(34-18-9-6-10-19-34)45(51-46)42(35-25-29-39(30-26-35)48(3)37-20-11-7-12-21-37)36-27-31-40(32-28-36)49(4)38-22-13-8-14-23-38/h6-32H,1,3-5H3/q+1. The van der Waals surface area contributed by atoms with E-state index < -0.39 is 0 Å². The summed E-state index contributed by atoms with van der Waals surface area (Å²) >= 11 is 1.68. The Kier molecular flexibility index (Phi) is 9.61. The van der Waals surface area contributed by atoms with Crippen molar-refractivity contribution in [3.8, 4) is 11.1 Å². The number of allylic oxidation sites excluding steroid dienone is 5. The van der Waals surface area contributed by atoms with Crippen molar-refractivity contribution in [3.05, 3.63) is 197 Å².